The predicted octanol–water partition coefficient (Wildman–Crippen LogP) is 8.05. The minimum Gasteiger partial charge on any atom is -0.494 e. The van der Waals surface area contributed by atoms with E-state index in [2.05, 4.69) is 56.1 Å². The number of benzene rings is 1. The average Bonchev–Trinajstić information content (AvgIpc) is 3.46. The first-order valence-electron chi connectivity index (χ1n) is 17.9. The number of aromatic nitrogens is 2. The highest BCUT2D eigenvalue weighted by Gasteiger charge is 2.48. The van der Waals surface area contributed by atoms with Crippen molar-refractivity contribution in [3.8, 4) is 5.75 Å². The van der Waals surface area contributed by atoms with Crippen molar-refractivity contribution in [2.75, 3.05) is 52.4 Å². The Hall–Kier alpha value is -1.65. The molecule has 0 amide bonds. The van der Waals surface area contributed by atoms with Crippen molar-refractivity contribution in [3.05, 3.63) is 35.7 Å². The van der Waals surface area contributed by atoms with Crippen molar-refractivity contribution in [3.63, 3.8) is 0 Å². The molecule has 4 saturated heterocycles. The molecule has 1 aromatic heterocycles. The van der Waals surface area contributed by atoms with Crippen LogP contribution in [-0.4, -0.2) is 81.8 Å². The number of nitrogens with zero attached hydrogens (tertiary/aromatic N) is 6. The molecular weight excluding hydrogens is 568 g/mol. The Balaban J connectivity index is 0.810. The largest absolute Gasteiger partial charge is 0.494 e. The van der Waals surface area contributed by atoms with Crippen molar-refractivity contribution >= 4 is 11.8 Å². The number of hydrogen-bond donors (Lipinski definition) is 0. The fraction of sp³-hybridized carbons (Fsp3) is 0.771. The van der Waals surface area contributed by atoms with Crippen molar-refractivity contribution in [1.29, 1.82) is 0 Å². The molecule has 246 valence electrons. The fourth-order valence-electron chi connectivity index (χ4n) is 7.31. The molecule has 6 rings (SSSR count). The van der Waals surface area contributed by atoms with Crippen molar-refractivity contribution in [2.45, 2.75) is 128 Å². The van der Waals surface area contributed by atoms with Crippen LogP contribution in [0, 0.1) is 0 Å². The zero-order valence-corrected chi connectivity index (χ0v) is 28.4. The first kappa shape index (κ1) is 33.7. The maximum Gasteiger partial charge on any atom is 0.276 e. The molecule has 2 aromatic rings. The summed E-state index contributed by atoms with van der Waals surface area (Å²) in [7, 11) is 0. The number of quaternary nitrogens is 1. The molecule has 0 unspecified atom stereocenters. The third-order valence-electron chi connectivity index (χ3n) is 9.37. The van der Waals surface area contributed by atoms with Gasteiger partial charge in [0.15, 0.2) is 0 Å². The van der Waals surface area contributed by atoms with Gasteiger partial charge in [0.25, 0.3) is 5.22 Å². The standard InChI is InChI=1S/C35H59N6O2S/c1-2-3-4-5-6-11-14-17-24-44-35-37-36-34(43-35)18-15-12-9-7-8-10-13-16-23-42-33-21-19-32(20-22-33)25-41-29-38-26-39(30-41)28-40(27-38)31-41/h19-22H,2-18,23-31H2,1H3/q+1. The van der Waals surface area contributed by atoms with E-state index in [9.17, 15) is 0 Å². The molecular formula is C35H59N6O2S+. The minimum absolute atomic E-state index is 0.756. The zero-order chi connectivity index (χ0) is 30.3. The van der Waals surface area contributed by atoms with Gasteiger partial charge in [0.2, 0.25) is 5.89 Å². The smallest absolute Gasteiger partial charge is 0.276 e. The minimum atomic E-state index is 0.756. The highest BCUT2D eigenvalue weighted by Crippen LogP contribution is 2.31. The summed E-state index contributed by atoms with van der Waals surface area (Å²) in [6.45, 7) is 11.2. The summed E-state index contributed by atoms with van der Waals surface area (Å²) in [5.74, 6) is 2.92. The highest BCUT2D eigenvalue weighted by molar-refractivity contribution is 7.99. The Labute approximate surface area is 271 Å². The molecule has 4 fully saturated rings. The monoisotopic (exact) mass is 627 g/mol. The molecule has 0 aliphatic carbocycles. The summed E-state index contributed by atoms with van der Waals surface area (Å²) >= 11 is 1.73. The van der Waals surface area contributed by atoms with E-state index in [0.29, 0.717) is 0 Å². The van der Waals surface area contributed by atoms with E-state index < -0.39 is 0 Å². The molecule has 0 spiro atoms. The van der Waals surface area contributed by atoms with Gasteiger partial charge in [0.05, 0.1) is 26.6 Å². The van der Waals surface area contributed by atoms with Crippen LogP contribution in [0.3, 0.4) is 0 Å². The van der Waals surface area contributed by atoms with Gasteiger partial charge < -0.3 is 9.15 Å². The van der Waals surface area contributed by atoms with E-state index in [-0.39, 0.29) is 0 Å². The van der Waals surface area contributed by atoms with Crippen molar-refractivity contribution in [2.24, 2.45) is 0 Å². The van der Waals surface area contributed by atoms with Gasteiger partial charge in [-0.2, -0.15) is 0 Å². The average molecular weight is 628 g/mol. The van der Waals surface area contributed by atoms with Gasteiger partial charge in [-0.1, -0.05) is 102 Å². The van der Waals surface area contributed by atoms with Crippen LogP contribution in [0.2, 0.25) is 0 Å². The SMILES string of the molecule is CCCCCCCCCCSc1nnc(CCCCCCCCCCOc2ccc(C[N+]34CN5CN(CN(C5)C3)C4)cc2)o1. The molecule has 0 radical (unpaired) electrons. The van der Waals surface area contributed by atoms with Crippen LogP contribution >= 0.6 is 11.8 Å². The molecule has 0 atom stereocenters. The topological polar surface area (TPSA) is 57.9 Å². The number of rotatable bonds is 24. The van der Waals surface area contributed by atoms with Crippen LogP contribution < -0.4 is 4.74 Å². The maximum absolute atomic E-state index is 6.06. The second kappa shape index (κ2) is 18.5. The van der Waals surface area contributed by atoms with Crippen LogP contribution in [0.4, 0.5) is 0 Å². The molecule has 1 aromatic carbocycles. The van der Waals surface area contributed by atoms with Crippen molar-refractivity contribution in [1.82, 2.24) is 24.9 Å². The lowest BCUT2D eigenvalue weighted by molar-refractivity contribution is -0.991. The van der Waals surface area contributed by atoms with Crippen LogP contribution in [0.1, 0.15) is 121 Å². The molecule has 4 aliphatic rings. The number of thioether (sulfide) groups is 1. The highest BCUT2D eigenvalue weighted by atomic mass is 32.2. The van der Waals surface area contributed by atoms with Crippen molar-refractivity contribution < 1.29 is 13.6 Å². The van der Waals surface area contributed by atoms with Gasteiger partial charge >= 0.3 is 0 Å². The van der Waals surface area contributed by atoms with Gasteiger partial charge in [-0.3, -0.25) is 4.48 Å². The lowest BCUT2D eigenvalue weighted by Crippen LogP contribution is -2.78. The van der Waals surface area contributed by atoms with Gasteiger partial charge in [-0.05, 0) is 43.5 Å². The Morgan fingerprint density at radius 3 is 1.91 bits per heavy atom. The van der Waals surface area contributed by atoms with Crippen LogP contribution in [0.5, 0.6) is 5.75 Å². The van der Waals surface area contributed by atoms with Gasteiger partial charge in [-0.15, -0.1) is 10.2 Å². The third-order valence-corrected chi connectivity index (χ3v) is 10.3. The number of unbranched alkanes of at least 4 members (excludes halogenated alkanes) is 14. The summed E-state index contributed by atoms with van der Waals surface area (Å²) < 4.78 is 13.1. The normalized spacial score (nSPS) is 23.9. The van der Waals surface area contributed by atoms with E-state index in [4.69, 9.17) is 9.15 Å². The predicted molar refractivity (Wildman–Crippen MR) is 179 cm³/mol. The Morgan fingerprint density at radius 1 is 0.705 bits per heavy atom. The lowest BCUT2D eigenvalue weighted by atomic mass is 10.1. The molecule has 9 heteroatoms. The van der Waals surface area contributed by atoms with E-state index >= 15 is 0 Å². The van der Waals surface area contributed by atoms with E-state index in [1.165, 1.54) is 115 Å². The van der Waals surface area contributed by atoms with Crippen LogP contribution in [0.15, 0.2) is 33.9 Å². The summed E-state index contributed by atoms with van der Waals surface area (Å²) in [5.41, 5.74) is 1.42. The van der Waals surface area contributed by atoms with E-state index in [0.717, 1.165) is 79.5 Å². The second-order valence-electron chi connectivity index (χ2n) is 13.7. The molecule has 44 heavy (non-hydrogen) atoms. The number of hydrogen-bond acceptors (Lipinski definition) is 8. The molecule has 8 nitrogen and oxygen atoms in total. The summed E-state index contributed by atoms with van der Waals surface area (Å²) in [6, 6.07) is 8.90. The Kier molecular flexibility index (Phi) is 14.2. The molecule has 4 aliphatic heterocycles. The first-order chi connectivity index (χ1) is 21.7. The summed E-state index contributed by atoms with van der Waals surface area (Å²) in [4.78, 5) is 7.75. The van der Waals surface area contributed by atoms with Crippen LogP contribution in [0.25, 0.3) is 0 Å². The number of aryl methyl sites for hydroxylation is 1. The van der Waals surface area contributed by atoms with Gasteiger partial charge in [0, 0.05) is 17.7 Å². The molecule has 5 heterocycles. The summed E-state index contributed by atoms with van der Waals surface area (Å²) in [6.07, 6.45) is 21.8. The zero-order valence-electron chi connectivity index (χ0n) is 27.6. The van der Waals surface area contributed by atoms with Gasteiger partial charge in [-0.25, -0.2) is 14.7 Å². The maximum atomic E-state index is 6.06. The quantitative estimate of drug-likeness (QED) is 0.0658. The van der Waals surface area contributed by atoms with Gasteiger partial charge in [0.1, 0.15) is 32.3 Å². The molecule has 0 N–H and O–H groups in total. The number of ether oxygens (including phenoxy) is 1. The van der Waals surface area contributed by atoms with Crippen LogP contribution in [-0.2, 0) is 13.0 Å². The molecule has 0 saturated carbocycles. The Bertz CT molecular complexity index is 1030. The summed E-state index contributed by atoms with van der Waals surface area (Å²) in [5, 5.41) is 9.25. The second-order valence-corrected chi connectivity index (χ2v) is 14.8. The van der Waals surface area contributed by atoms with E-state index in [1.54, 1.807) is 11.8 Å². The lowest BCUT2D eigenvalue weighted by Gasteiger charge is -2.60. The Morgan fingerprint density at radius 2 is 1.27 bits per heavy atom. The van der Waals surface area contributed by atoms with E-state index in [1.807, 2.05) is 0 Å². The molecule has 4 bridgehead atoms. The fourth-order valence-corrected chi connectivity index (χ4v) is 8.09. The first-order valence-corrected chi connectivity index (χ1v) is 18.9. The third kappa shape index (κ3) is 11.3.